The molecule has 0 spiro atoms. The van der Waals surface area contributed by atoms with Crippen LogP contribution in [0.2, 0.25) is 0 Å². The van der Waals surface area contributed by atoms with Crippen molar-refractivity contribution < 1.29 is 4.79 Å². The number of hydrogen-bond donors (Lipinski definition) is 1. The first-order chi connectivity index (χ1) is 4.37. The molecule has 0 saturated carbocycles. The molecule has 0 aromatic carbocycles. The summed E-state index contributed by atoms with van der Waals surface area (Å²) < 4.78 is 0. The third kappa shape index (κ3) is 27.2. The fourth-order valence-electron chi connectivity index (χ4n) is 0. The maximum atomic E-state index is 9.82. The fourth-order valence-corrected chi connectivity index (χ4v) is 0. The van der Waals surface area contributed by atoms with Crippen LogP contribution in [0.5, 0.6) is 0 Å². The van der Waals surface area contributed by atoms with Crippen molar-refractivity contribution in [2.24, 2.45) is 5.73 Å². The maximum Gasteiger partial charge on any atom is 0.243 e. The number of rotatable bonds is 1. The van der Waals surface area contributed by atoms with Gasteiger partial charge in [-0.25, -0.2) is 0 Å². The Kier molecular flexibility index (Phi) is 7.49. The molecule has 0 aromatic rings. The molecule has 0 aliphatic carbocycles. The van der Waals surface area contributed by atoms with E-state index in [-0.39, 0.29) is 0 Å². The molecule has 0 rings (SSSR count). The Balaban J connectivity index is 0. The summed E-state index contributed by atoms with van der Waals surface area (Å²) in [6, 6.07) is 0. The van der Waals surface area contributed by atoms with Gasteiger partial charge in [-0.05, 0) is 28.1 Å². The monoisotopic (exact) mass is 144 g/mol. The summed E-state index contributed by atoms with van der Waals surface area (Å²) in [5, 5.41) is 0. The van der Waals surface area contributed by atoms with Crippen LogP contribution in [0.1, 0.15) is 6.92 Å². The minimum absolute atomic E-state index is 0.398. The van der Waals surface area contributed by atoms with Gasteiger partial charge >= 0.3 is 0 Å². The molecule has 10 heavy (non-hydrogen) atoms. The van der Waals surface area contributed by atoms with Crippen molar-refractivity contribution >= 4 is 5.91 Å². The van der Waals surface area contributed by atoms with E-state index < -0.39 is 5.91 Å². The lowest BCUT2D eigenvalue weighted by atomic mass is 10.3. The molecule has 60 valence electrons. The summed E-state index contributed by atoms with van der Waals surface area (Å²) >= 11 is 0. The average molecular weight is 144 g/mol. The summed E-state index contributed by atoms with van der Waals surface area (Å²) in [6.45, 7) is 4.85. The first-order valence-electron chi connectivity index (χ1n) is 2.94. The number of hydrogen-bond acceptors (Lipinski definition) is 2. The lowest BCUT2D eigenvalue weighted by Crippen LogP contribution is -2.10. The van der Waals surface area contributed by atoms with Gasteiger partial charge in [-0.3, -0.25) is 4.79 Å². The van der Waals surface area contributed by atoms with Crippen molar-refractivity contribution in [1.29, 1.82) is 0 Å². The Morgan fingerprint density at radius 1 is 1.40 bits per heavy atom. The van der Waals surface area contributed by atoms with E-state index in [9.17, 15) is 4.79 Å². The third-order valence-electron chi connectivity index (χ3n) is 0.421. The van der Waals surface area contributed by atoms with E-state index in [4.69, 9.17) is 5.73 Å². The van der Waals surface area contributed by atoms with Gasteiger partial charge < -0.3 is 10.6 Å². The smallest absolute Gasteiger partial charge is 0.243 e. The largest absolute Gasteiger partial charge is 0.366 e. The third-order valence-corrected chi connectivity index (χ3v) is 0.421. The SMILES string of the molecule is C=C(C)C(N)=O.CN(C)C. The molecule has 0 saturated heterocycles. The van der Waals surface area contributed by atoms with Crippen molar-refractivity contribution in [3.8, 4) is 0 Å². The van der Waals surface area contributed by atoms with E-state index in [1.54, 1.807) is 6.92 Å². The zero-order valence-corrected chi connectivity index (χ0v) is 7.14. The summed E-state index contributed by atoms with van der Waals surface area (Å²) in [5.41, 5.74) is 5.09. The second-order valence-electron chi connectivity index (χ2n) is 2.49. The Morgan fingerprint density at radius 3 is 1.50 bits per heavy atom. The van der Waals surface area contributed by atoms with Crippen LogP contribution in [0.25, 0.3) is 0 Å². The number of primary amides is 1. The van der Waals surface area contributed by atoms with Gasteiger partial charge in [0.05, 0.1) is 0 Å². The molecule has 0 unspecified atom stereocenters. The summed E-state index contributed by atoms with van der Waals surface area (Å²) in [6.07, 6.45) is 0. The summed E-state index contributed by atoms with van der Waals surface area (Å²) in [4.78, 5) is 11.8. The molecule has 0 radical (unpaired) electrons. The minimum Gasteiger partial charge on any atom is -0.366 e. The van der Waals surface area contributed by atoms with Gasteiger partial charge in [-0.15, -0.1) is 0 Å². The highest BCUT2D eigenvalue weighted by Crippen LogP contribution is 1.78. The Morgan fingerprint density at radius 2 is 1.50 bits per heavy atom. The number of carbonyl (C=O) groups excluding carboxylic acids is 1. The van der Waals surface area contributed by atoms with Gasteiger partial charge in [0.15, 0.2) is 0 Å². The maximum absolute atomic E-state index is 9.82. The van der Waals surface area contributed by atoms with Crippen LogP contribution in [0.3, 0.4) is 0 Å². The van der Waals surface area contributed by atoms with E-state index in [1.807, 2.05) is 26.0 Å². The van der Waals surface area contributed by atoms with Crippen LogP contribution < -0.4 is 5.73 Å². The number of nitrogens with zero attached hydrogens (tertiary/aromatic N) is 1. The second-order valence-corrected chi connectivity index (χ2v) is 2.49. The Bertz CT molecular complexity index is 104. The Hall–Kier alpha value is -0.830. The van der Waals surface area contributed by atoms with Gasteiger partial charge in [-0.2, -0.15) is 0 Å². The van der Waals surface area contributed by atoms with Crippen molar-refractivity contribution in [1.82, 2.24) is 4.90 Å². The molecule has 0 aliphatic rings. The number of carbonyl (C=O) groups is 1. The standard InChI is InChI=1S/C4H7NO.C3H9N/c1-3(2)4(5)6;1-4(2)3/h1H2,2H3,(H2,5,6);1-3H3. The van der Waals surface area contributed by atoms with Gasteiger partial charge in [-0.1, -0.05) is 6.58 Å². The highest BCUT2D eigenvalue weighted by molar-refractivity contribution is 5.90. The highest BCUT2D eigenvalue weighted by atomic mass is 16.1. The zero-order chi connectivity index (χ0) is 8.73. The normalized spacial score (nSPS) is 8.10. The molecule has 0 aromatic heterocycles. The van der Waals surface area contributed by atoms with E-state index >= 15 is 0 Å². The first kappa shape index (κ1) is 11.9. The quantitative estimate of drug-likeness (QED) is 0.535. The molecule has 0 atom stereocenters. The van der Waals surface area contributed by atoms with Crippen LogP contribution in [-0.2, 0) is 4.79 Å². The molecule has 0 heterocycles. The van der Waals surface area contributed by atoms with Crippen LogP contribution in [0.15, 0.2) is 12.2 Å². The fraction of sp³-hybridized carbons (Fsp3) is 0.571. The van der Waals surface area contributed by atoms with Gasteiger partial charge in [0.25, 0.3) is 0 Å². The molecule has 3 heteroatoms. The minimum atomic E-state index is -0.435. The molecule has 3 nitrogen and oxygen atoms in total. The Labute approximate surface area is 62.5 Å². The zero-order valence-electron chi connectivity index (χ0n) is 7.14. The van der Waals surface area contributed by atoms with Crippen LogP contribution in [0, 0.1) is 0 Å². The van der Waals surface area contributed by atoms with Crippen LogP contribution >= 0.6 is 0 Å². The van der Waals surface area contributed by atoms with Crippen molar-refractivity contribution in [3.63, 3.8) is 0 Å². The van der Waals surface area contributed by atoms with Gasteiger partial charge in [0.1, 0.15) is 0 Å². The molecule has 1 amide bonds. The molecule has 0 aliphatic heterocycles. The van der Waals surface area contributed by atoms with E-state index in [0.29, 0.717) is 5.57 Å². The van der Waals surface area contributed by atoms with Crippen molar-refractivity contribution in [3.05, 3.63) is 12.2 Å². The van der Waals surface area contributed by atoms with E-state index in [2.05, 4.69) is 6.58 Å². The van der Waals surface area contributed by atoms with Crippen LogP contribution in [-0.4, -0.2) is 32.0 Å². The summed E-state index contributed by atoms with van der Waals surface area (Å²) in [7, 11) is 6.00. The number of nitrogens with two attached hydrogens (primary N) is 1. The lowest BCUT2D eigenvalue weighted by Gasteiger charge is -1.90. The number of amides is 1. The van der Waals surface area contributed by atoms with Gasteiger partial charge in [0, 0.05) is 5.57 Å². The topological polar surface area (TPSA) is 46.3 Å². The highest BCUT2D eigenvalue weighted by Gasteiger charge is 1.86. The predicted molar refractivity (Wildman–Crippen MR) is 43.6 cm³/mol. The predicted octanol–water partition coefficient (Wildman–Crippen LogP) is 0.226. The first-order valence-corrected chi connectivity index (χ1v) is 2.94. The van der Waals surface area contributed by atoms with E-state index in [0.717, 1.165) is 0 Å². The second kappa shape index (κ2) is 6.29. The van der Waals surface area contributed by atoms with Crippen molar-refractivity contribution in [2.45, 2.75) is 6.92 Å². The average Bonchev–Trinajstić information content (AvgIpc) is 1.63. The van der Waals surface area contributed by atoms with Gasteiger partial charge in [0.2, 0.25) is 5.91 Å². The molecule has 0 fully saturated rings. The summed E-state index contributed by atoms with van der Waals surface area (Å²) in [5.74, 6) is -0.435. The van der Waals surface area contributed by atoms with Crippen LogP contribution in [0.4, 0.5) is 0 Å². The molecular formula is C7H16N2O. The van der Waals surface area contributed by atoms with Crippen molar-refractivity contribution in [2.75, 3.05) is 21.1 Å². The molecule has 0 bridgehead atoms. The van der Waals surface area contributed by atoms with E-state index in [1.165, 1.54) is 0 Å². The lowest BCUT2D eigenvalue weighted by molar-refractivity contribution is -0.114. The molecular weight excluding hydrogens is 128 g/mol. The molecule has 2 N–H and O–H groups in total.